The van der Waals surface area contributed by atoms with Gasteiger partial charge in [0.1, 0.15) is 0 Å². The third-order valence-electron chi connectivity index (χ3n) is 1.17. The van der Waals surface area contributed by atoms with E-state index in [2.05, 4.69) is 6.07 Å². The zero-order chi connectivity index (χ0) is 9.12. The van der Waals surface area contributed by atoms with Gasteiger partial charge >= 0.3 is 0 Å². The van der Waals surface area contributed by atoms with E-state index >= 15 is 0 Å². The molecule has 0 unspecified atom stereocenters. The molecule has 2 nitrogen and oxygen atoms in total. The van der Waals surface area contributed by atoms with Gasteiger partial charge in [-0.1, -0.05) is 0 Å². The van der Waals surface area contributed by atoms with Crippen molar-refractivity contribution in [1.82, 2.24) is 0 Å². The van der Waals surface area contributed by atoms with E-state index in [4.69, 9.17) is 10.00 Å². The van der Waals surface area contributed by atoms with E-state index in [1.165, 1.54) is 0 Å². The number of ether oxygens (including phenoxy) is 1. The Hall–Kier alpha value is -0.550. The molecule has 2 heteroatoms. The van der Waals surface area contributed by atoms with E-state index in [1.807, 2.05) is 34.6 Å². The fraction of sp³-hybridized carbons (Fsp3) is 0.889. The van der Waals surface area contributed by atoms with E-state index in [-0.39, 0.29) is 11.0 Å². The van der Waals surface area contributed by atoms with E-state index in [0.29, 0.717) is 6.61 Å². The SMILES string of the molecule is CC(C)(C#N)COC(C)(C)C. The van der Waals surface area contributed by atoms with Crippen LogP contribution in [0.15, 0.2) is 0 Å². The van der Waals surface area contributed by atoms with Gasteiger partial charge < -0.3 is 4.74 Å². The first-order valence-corrected chi connectivity index (χ1v) is 3.82. The first-order chi connectivity index (χ1) is 4.77. The molecule has 0 amide bonds. The number of rotatable bonds is 2. The van der Waals surface area contributed by atoms with Gasteiger partial charge in [-0.15, -0.1) is 0 Å². The molecule has 0 aliphatic rings. The summed E-state index contributed by atoms with van der Waals surface area (Å²) in [6.45, 7) is 10.2. The van der Waals surface area contributed by atoms with Crippen LogP contribution < -0.4 is 0 Å². The topological polar surface area (TPSA) is 33.0 Å². The molecule has 0 atom stereocenters. The van der Waals surface area contributed by atoms with Crippen LogP contribution in [-0.4, -0.2) is 12.2 Å². The van der Waals surface area contributed by atoms with Gasteiger partial charge in [0.25, 0.3) is 0 Å². The highest BCUT2D eigenvalue weighted by atomic mass is 16.5. The summed E-state index contributed by atoms with van der Waals surface area (Å²) in [6, 6.07) is 2.19. The fourth-order valence-electron chi connectivity index (χ4n) is 0.429. The molecule has 0 aromatic carbocycles. The molecule has 0 aromatic rings. The summed E-state index contributed by atoms with van der Waals surface area (Å²) in [6.07, 6.45) is 0. The molecule has 0 spiro atoms. The first-order valence-electron chi connectivity index (χ1n) is 3.82. The number of nitrogens with zero attached hydrogens (tertiary/aromatic N) is 1. The van der Waals surface area contributed by atoms with Crippen molar-refractivity contribution in [3.05, 3.63) is 0 Å². The summed E-state index contributed by atoms with van der Waals surface area (Å²) in [4.78, 5) is 0. The van der Waals surface area contributed by atoms with Crippen molar-refractivity contribution < 1.29 is 4.74 Å². The maximum atomic E-state index is 8.66. The highest BCUT2D eigenvalue weighted by Crippen LogP contribution is 2.17. The summed E-state index contributed by atoms with van der Waals surface area (Å²) in [5.74, 6) is 0. The lowest BCUT2D eigenvalue weighted by Gasteiger charge is -2.24. The van der Waals surface area contributed by atoms with Gasteiger partial charge in [-0.2, -0.15) is 5.26 Å². The van der Waals surface area contributed by atoms with Crippen LogP contribution in [0, 0.1) is 16.7 Å². The van der Waals surface area contributed by atoms with Crippen molar-refractivity contribution in [3.8, 4) is 6.07 Å². The Labute approximate surface area is 69.2 Å². The van der Waals surface area contributed by atoms with Crippen molar-refractivity contribution in [2.24, 2.45) is 5.41 Å². The van der Waals surface area contributed by atoms with Crippen LogP contribution in [-0.2, 0) is 4.74 Å². The van der Waals surface area contributed by atoms with Crippen LogP contribution in [0.2, 0.25) is 0 Å². The zero-order valence-electron chi connectivity index (χ0n) is 8.06. The first kappa shape index (κ1) is 10.4. The Kier molecular flexibility index (Phi) is 3.07. The molecule has 0 aliphatic heterocycles. The molecule has 0 fully saturated rings. The minimum atomic E-state index is -0.368. The molecule has 0 aromatic heterocycles. The Balaban J connectivity index is 3.83. The summed E-state index contributed by atoms with van der Waals surface area (Å²) < 4.78 is 5.46. The largest absolute Gasteiger partial charge is 0.374 e. The summed E-state index contributed by atoms with van der Waals surface area (Å²) in [5.41, 5.74) is -0.512. The standard InChI is InChI=1S/C9H17NO/c1-8(2,3)11-7-9(4,5)6-10/h7H2,1-5H3. The van der Waals surface area contributed by atoms with Gasteiger partial charge in [0.2, 0.25) is 0 Å². The van der Waals surface area contributed by atoms with Crippen LogP contribution in [0.3, 0.4) is 0 Å². The number of nitriles is 1. The van der Waals surface area contributed by atoms with Gasteiger partial charge in [0.15, 0.2) is 0 Å². The average molecular weight is 155 g/mol. The van der Waals surface area contributed by atoms with E-state index in [0.717, 1.165) is 0 Å². The molecule has 0 bridgehead atoms. The Morgan fingerprint density at radius 1 is 1.18 bits per heavy atom. The van der Waals surface area contributed by atoms with E-state index in [9.17, 15) is 0 Å². The fourth-order valence-corrected chi connectivity index (χ4v) is 0.429. The summed E-state index contributed by atoms with van der Waals surface area (Å²) in [5, 5.41) is 8.66. The minimum absolute atomic E-state index is 0.145. The van der Waals surface area contributed by atoms with Crippen molar-refractivity contribution in [3.63, 3.8) is 0 Å². The van der Waals surface area contributed by atoms with Gasteiger partial charge in [0, 0.05) is 0 Å². The molecular weight excluding hydrogens is 138 g/mol. The van der Waals surface area contributed by atoms with Crippen LogP contribution in [0.25, 0.3) is 0 Å². The zero-order valence-corrected chi connectivity index (χ0v) is 8.06. The van der Waals surface area contributed by atoms with Gasteiger partial charge in [-0.3, -0.25) is 0 Å². The molecule has 0 heterocycles. The maximum absolute atomic E-state index is 8.66. The van der Waals surface area contributed by atoms with Crippen molar-refractivity contribution in [2.75, 3.05) is 6.61 Å². The predicted molar refractivity (Wildman–Crippen MR) is 45.1 cm³/mol. The van der Waals surface area contributed by atoms with Crippen LogP contribution in [0.4, 0.5) is 0 Å². The Bertz CT molecular complexity index is 159. The predicted octanol–water partition coefficient (Wildman–Crippen LogP) is 2.35. The van der Waals surface area contributed by atoms with Crippen molar-refractivity contribution in [2.45, 2.75) is 40.2 Å². The second-order valence-corrected chi connectivity index (χ2v) is 4.40. The second kappa shape index (κ2) is 3.23. The van der Waals surface area contributed by atoms with Crippen LogP contribution >= 0.6 is 0 Å². The smallest absolute Gasteiger partial charge is 0.0751 e. The monoisotopic (exact) mass is 155 g/mol. The molecule has 0 aliphatic carbocycles. The number of hydrogen-bond acceptors (Lipinski definition) is 2. The molecule has 0 rings (SSSR count). The van der Waals surface area contributed by atoms with Crippen LogP contribution in [0.1, 0.15) is 34.6 Å². The summed E-state index contributed by atoms with van der Waals surface area (Å²) >= 11 is 0. The lowest BCUT2D eigenvalue weighted by Crippen LogP contribution is -2.27. The molecule has 11 heavy (non-hydrogen) atoms. The normalized spacial score (nSPS) is 12.7. The molecular formula is C9H17NO. The van der Waals surface area contributed by atoms with E-state index in [1.54, 1.807) is 0 Å². The van der Waals surface area contributed by atoms with Gasteiger partial charge in [-0.25, -0.2) is 0 Å². The van der Waals surface area contributed by atoms with Gasteiger partial charge in [0.05, 0.1) is 23.7 Å². The maximum Gasteiger partial charge on any atom is 0.0751 e. The van der Waals surface area contributed by atoms with Gasteiger partial charge in [-0.05, 0) is 34.6 Å². The van der Waals surface area contributed by atoms with Crippen LogP contribution in [0.5, 0.6) is 0 Å². The molecule has 0 saturated heterocycles. The third kappa shape index (κ3) is 5.87. The Morgan fingerprint density at radius 2 is 1.64 bits per heavy atom. The average Bonchev–Trinajstić information content (AvgIpc) is 1.83. The molecule has 64 valence electrons. The molecule has 0 radical (unpaired) electrons. The van der Waals surface area contributed by atoms with Crippen molar-refractivity contribution >= 4 is 0 Å². The second-order valence-electron chi connectivity index (χ2n) is 4.40. The highest BCUT2D eigenvalue weighted by molar-refractivity contribution is 4.91. The van der Waals surface area contributed by atoms with E-state index < -0.39 is 0 Å². The Morgan fingerprint density at radius 3 is 1.91 bits per heavy atom. The lowest BCUT2D eigenvalue weighted by molar-refractivity contribution is -0.0299. The molecule has 0 N–H and O–H groups in total. The molecule has 0 saturated carbocycles. The lowest BCUT2D eigenvalue weighted by atomic mass is 9.97. The highest BCUT2D eigenvalue weighted by Gasteiger charge is 2.20. The quantitative estimate of drug-likeness (QED) is 0.613. The summed E-state index contributed by atoms with van der Waals surface area (Å²) in [7, 11) is 0. The van der Waals surface area contributed by atoms with Crippen molar-refractivity contribution in [1.29, 1.82) is 5.26 Å². The minimum Gasteiger partial charge on any atom is -0.374 e. The number of hydrogen-bond donors (Lipinski definition) is 0. The third-order valence-corrected chi connectivity index (χ3v) is 1.17.